The highest BCUT2D eigenvalue weighted by Crippen LogP contribution is 2.11. The lowest BCUT2D eigenvalue weighted by Gasteiger charge is -2.23. The Bertz CT molecular complexity index is 278. The van der Waals surface area contributed by atoms with E-state index >= 15 is 0 Å². The molecule has 3 nitrogen and oxygen atoms in total. The molecule has 14 heavy (non-hydrogen) atoms. The van der Waals surface area contributed by atoms with Gasteiger partial charge in [-0.1, -0.05) is 0 Å². The molecule has 0 aliphatic heterocycles. The van der Waals surface area contributed by atoms with Gasteiger partial charge < -0.3 is 4.90 Å². The Balaban J connectivity index is 2.68. The Labute approximate surface area is 103 Å². The van der Waals surface area contributed by atoms with Crippen molar-refractivity contribution >= 4 is 40.3 Å². The number of hydrogen-bond acceptors (Lipinski definition) is 4. The lowest BCUT2D eigenvalue weighted by atomic mass is 10.3. The van der Waals surface area contributed by atoms with E-state index in [4.69, 9.17) is 0 Å². The van der Waals surface area contributed by atoms with Crippen LogP contribution in [0.4, 0.5) is 5.95 Å². The van der Waals surface area contributed by atoms with Gasteiger partial charge in [0.05, 0.1) is 0 Å². The van der Waals surface area contributed by atoms with Crippen molar-refractivity contribution in [1.82, 2.24) is 9.97 Å². The van der Waals surface area contributed by atoms with E-state index in [0.717, 1.165) is 15.3 Å². The number of thioether (sulfide) groups is 1. The largest absolute Gasteiger partial charge is 0.340 e. The smallest absolute Gasteiger partial charge is 0.225 e. The molecular weight excluding hydrogens is 309 g/mol. The molecule has 0 aliphatic carbocycles. The Hall–Kier alpha value is -0.0400. The van der Waals surface area contributed by atoms with Crippen molar-refractivity contribution in [1.29, 1.82) is 0 Å². The summed E-state index contributed by atoms with van der Waals surface area (Å²) in [6, 6.07) is 0.463. The topological polar surface area (TPSA) is 29.0 Å². The fourth-order valence-corrected chi connectivity index (χ4v) is 2.02. The molecule has 1 unspecified atom stereocenters. The third kappa shape index (κ3) is 3.27. The predicted molar refractivity (Wildman–Crippen MR) is 71.0 cm³/mol. The van der Waals surface area contributed by atoms with Crippen LogP contribution in [-0.2, 0) is 0 Å². The maximum absolute atomic E-state index is 4.28. The average Bonchev–Trinajstić information content (AvgIpc) is 2.18. The monoisotopic (exact) mass is 323 g/mol. The first kappa shape index (κ1) is 12.0. The minimum atomic E-state index is 0.463. The van der Waals surface area contributed by atoms with Crippen molar-refractivity contribution in [3.63, 3.8) is 0 Å². The molecule has 0 saturated carbocycles. The van der Waals surface area contributed by atoms with Crippen LogP contribution in [-0.4, -0.2) is 35.1 Å². The van der Waals surface area contributed by atoms with Crippen molar-refractivity contribution in [3.8, 4) is 0 Å². The van der Waals surface area contributed by atoms with Crippen molar-refractivity contribution < 1.29 is 0 Å². The molecule has 0 fully saturated rings. The van der Waals surface area contributed by atoms with Crippen molar-refractivity contribution in [2.24, 2.45) is 0 Å². The number of nitrogens with zero attached hydrogens (tertiary/aromatic N) is 3. The normalized spacial score (nSPS) is 12.6. The molecule has 0 radical (unpaired) electrons. The summed E-state index contributed by atoms with van der Waals surface area (Å²) in [4.78, 5) is 10.7. The predicted octanol–water partition coefficient (Wildman–Crippen LogP) is 2.27. The zero-order chi connectivity index (χ0) is 10.6. The summed E-state index contributed by atoms with van der Waals surface area (Å²) in [6.07, 6.45) is 5.79. The highest BCUT2D eigenvalue weighted by molar-refractivity contribution is 14.1. The highest BCUT2D eigenvalue weighted by Gasteiger charge is 2.11. The van der Waals surface area contributed by atoms with Crippen LogP contribution >= 0.6 is 34.4 Å². The summed E-state index contributed by atoms with van der Waals surface area (Å²) in [6.45, 7) is 2.18. The molecule has 0 amide bonds. The Morgan fingerprint density at radius 3 is 2.57 bits per heavy atom. The first-order chi connectivity index (χ1) is 6.65. The molecule has 78 valence electrons. The highest BCUT2D eigenvalue weighted by atomic mass is 127. The quantitative estimate of drug-likeness (QED) is 0.795. The average molecular weight is 323 g/mol. The van der Waals surface area contributed by atoms with Crippen LogP contribution in [0.1, 0.15) is 6.92 Å². The van der Waals surface area contributed by atoms with Gasteiger partial charge in [-0.15, -0.1) is 0 Å². The fourth-order valence-electron chi connectivity index (χ4n) is 1.04. The van der Waals surface area contributed by atoms with E-state index < -0.39 is 0 Å². The second kappa shape index (κ2) is 5.75. The van der Waals surface area contributed by atoms with E-state index in [1.54, 1.807) is 0 Å². The van der Waals surface area contributed by atoms with Gasteiger partial charge in [-0.2, -0.15) is 11.8 Å². The molecule has 0 aliphatic rings. The molecule has 1 aromatic heterocycles. The first-order valence-electron chi connectivity index (χ1n) is 4.34. The number of halogens is 1. The van der Waals surface area contributed by atoms with Gasteiger partial charge in [-0.05, 0) is 35.8 Å². The molecule has 1 atom stereocenters. The van der Waals surface area contributed by atoms with Crippen LogP contribution < -0.4 is 4.90 Å². The summed E-state index contributed by atoms with van der Waals surface area (Å²) >= 11 is 4.04. The molecule has 0 spiro atoms. The maximum atomic E-state index is 4.28. The lowest BCUT2D eigenvalue weighted by molar-refractivity contribution is 0.738. The SMILES string of the molecule is CSCC(C)N(C)c1ncc(I)cn1. The molecule has 0 aromatic carbocycles. The van der Waals surface area contributed by atoms with Gasteiger partial charge in [0.15, 0.2) is 0 Å². The molecule has 5 heteroatoms. The molecule has 1 heterocycles. The van der Waals surface area contributed by atoms with Crippen LogP contribution in [0.5, 0.6) is 0 Å². The third-order valence-corrected chi connectivity index (χ3v) is 3.36. The van der Waals surface area contributed by atoms with E-state index in [9.17, 15) is 0 Å². The van der Waals surface area contributed by atoms with Crippen LogP contribution in [0.2, 0.25) is 0 Å². The van der Waals surface area contributed by atoms with Crippen LogP contribution in [0.15, 0.2) is 12.4 Å². The summed E-state index contributed by atoms with van der Waals surface area (Å²) in [5.74, 6) is 1.89. The van der Waals surface area contributed by atoms with Crippen LogP contribution in [0, 0.1) is 3.57 Å². The number of anilines is 1. The van der Waals surface area contributed by atoms with E-state index in [0.29, 0.717) is 6.04 Å². The standard InChI is InChI=1S/C9H14IN3S/c1-7(6-14-3)13(2)9-11-4-8(10)5-12-9/h4-5,7H,6H2,1-3H3. The molecular formula is C9H14IN3S. The van der Waals surface area contributed by atoms with Gasteiger partial charge in [0, 0.05) is 34.8 Å². The molecule has 0 bridgehead atoms. The molecule has 0 N–H and O–H groups in total. The van der Waals surface area contributed by atoms with Crippen molar-refractivity contribution in [2.75, 3.05) is 24.0 Å². The lowest BCUT2D eigenvalue weighted by Crippen LogP contribution is -2.32. The van der Waals surface area contributed by atoms with Gasteiger partial charge in [0.25, 0.3) is 0 Å². The molecule has 0 saturated heterocycles. The minimum Gasteiger partial charge on any atom is -0.340 e. The van der Waals surface area contributed by atoms with E-state index in [2.05, 4.69) is 50.6 Å². The zero-order valence-electron chi connectivity index (χ0n) is 8.57. The fraction of sp³-hybridized carbons (Fsp3) is 0.556. The van der Waals surface area contributed by atoms with Gasteiger partial charge in [0.1, 0.15) is 0 Å². The van der Waals surface area contributed by atoms with Gasteiger partial charge in [-0.3, -0.25) is 0 Å². The summed E-state index contributed by atoms with van der Waals surface area (Å²) < 4.78 is 1.07. The Kier molecular flexibility index (Phi) is 4.94. The summed E-state index contributed by atoms with van der Waals surface area (Å²) in [7, 11) is 2.03. The summed E-state index contributed by atoms with van der Waals surface area (Å²) in [5.41, 5.74) is 0. The van der Waals surface area contributed by atoms with E-state index in [1.807, 2.05) is 31.2 Å². The molecule has 1 rings (SSSR count). The molecule has 1 aromatic rings. The van der Waals surface area contributed by atoms with Crippen molar-refractivity contribution in [2.45, 2.75) is 13.0 Å². The van der Waals surface area contributed by atoms with Crippen LogP contribution in [0.3, 0.4) is 0 Å². The van der Waals surface area contributed by atoms with Gasteiger partial charge >= 0.3 is 0 Å². The number of hydrogen-bond donors (Lipinski definition) is 0. The van der Waals surface area contributed by atoms with Gasteiger partial charge in [0.2, 0.25) is 5.95 Å². The number of aromatic nitrogens is 2. The van der Waals surface area contributed by atoms with Crippen LogP contribution in [0.25, 0.3) is 0 Å². The number of rotatable bonds is 4. The first-order valence-corrected chi connectivity index (χ1v) is 6.81. The second-order valence-corrected chi connectivity index (χ2v) is 5.27. The Morgan fingerprint density at radius 1 is 1.50 bits per heavy atom. The second-order valence-electron chi connectivity index (χ2n) is 3.12. The van der Waals surface area contributed by atoms with E-state index in [1.165, 1.54) is 0 Å². The van der Waals surface area contributed by atoms with Gasteiger partial charge in [-0.25, -0.2) is 9.97 Å². The maximum Gasteiger partial charge on any atom is 0.225 e. The third-order valence-electron chi connectivity index (χ3n) is 1.99. The summed E-state index contributed by atoms with van der Waals surface area (Å²) in [5, 5.41) is 0. The zero-order valence-corrected chi connectivity index (χ0v) is 11.5. The van der Waals surface area contributed by atoms with Crippen molar-refractivity contribution in [3.05, 3.63) is 16.0 Å². The van der Waals surface area contributed by atoms with E-state index in [-0.39, 0.29) is 0 Å². The Morgan fingerprint density at radius 2 is 2.07 bits per heavy atom. The minimum absolute atomic E-state index is 0.463.